The van der Waals surface area contributed by atoms with E-state index in [1.165, 1.54) is 167 Å². The molecule has 0 atom stereocenters. The van der Waals surface area contributed by atoms with Gasteiger partial charge in [-0.1, -0.05) is 174 Å². The van der Waals surface area contributed by atoms with Gasteiger partial charge in [-0.3, -0.25) is 0 Å². The van der Waals surface area contributed by atoms with Crippen molar-refractivity contribution in [3.8, 4) is 0 Å². The fourth-order valence-electron chi connectivity index (χ4n) is 5.61. The molecule has 0 aliphatic rings. The molecular formula is C36H73NO2. The monoisotopic (exact) mass is 552 g/mol. The van der Waals surface area contributed by atoms with Crippen LogP contribution in [0, 0.1) is 0 Å². The summed E-state index contributed by atoms with van der Waals surface area (Å²) < 4.78 is 0. The lowest BCUT2D eigenvalue weighted by atomic mass is 10.0. The molecule has 0 aromatic rings. The fourth-order valence-corrected chi connectivity index (χ4v) is 5.61. The zero-order valence-corrected chi connectivity index (χ0v) is 26.8. The molecule has 0 rings (SSSR count). The van der Waals surface area contributed by atoms with Crippen molar-refractivity contribution in [1.82, 2.24) is 4.90 Å². The van der Waals surface area contributed by atoms with Gasteiger partial charge in [-0.15, -0.1) is 0 Å². The number of rotatable bonds is 34. The van der Waals surface area contributed by atoms with E-state index in [4.69, 9.17) is 10.2 Å². The number of hydrogen-bond acceptors (Lipinski definition) is 3. The molecule has 0 amide bonds. The van der Waals surface area contributed by atoms with Crippen LogP contribution in [0.5, 0.6) is 0 Å². The second-order valence-electron chi connectivity index (χ2n) is 12.2. The second kappa shape index (κ2) is 35.5. The van der Waals surface area contributed by atoms with Gasteiger partial charge in [0.1, 0.15) is 0 Å². The summed E-state index contributed by atoms with van der Waals surface area (Å²) in [6.45, 7) is 4.54. The van der Waals surface area contributed by atoms with Crippen molar-refractivity contribution in [2.24, 2.45) is 0 Å². The predicted molar refractivity (Wildman–Crippen MR) is 174 cm³/mol. The zero-order valence-electron chi connectivity index (χ0n) is 26.8. The number of hydrogen-bond donors (Lipinski definition) is 2. The molecule has 39 heavy (non-hydrogen) atoms. The Balaban J connectivity index is 3.20. The number of unbranched alkanes of at least 4 members (excludes halogenated alkanes) is 26. The SMILES string of the molecule is CCCCCCCCCCCCCCCCCCCCCCCCCCCCC=CN(CCCO)CCCO. The molecule has 0 aromatic carbocycles. The van der Waals surface area contributed by atoms with Gasteiger partial charge >= 0.3 is 0 Å². The van der Waals surface area contributed by atoms with Crippen molar-refractivity contribution in [3.63, 3.8) is 0 Å². The van der Waals surface area contributed by atoms with Gasteiger partial charge in [0.2, 0.25) is 0 Å². The molecule has 0 unspecified atom stereocenters. The van der Waals surface area contributed by atoms with Crippen molar-refractivity contribution >= 4 is 0 Å². The van der Waals surface area contributed by atoms with Crippen LogP contribution >= 0.6 is 0 Å². The summed E-state index contributed by atoms with van der Waals surface area (Å²) in [5.41, 5.74) is 0. The van der Waals surface area contributed by atoms with Crippen molar-refractivity contribution in [1.29, 1.82) is 0 Å². The van der Waals surface area contributed by atoms with E-state index in [0.717, 1.165) is 32.4 Å². The fraction of sp³-hybridized carbons (Fsp3) is 0.944. The molecule has 2 N–H and O–H groups in total. The van der Waals surface area contributed by atoms with Crippen LogP contribution in [0.25, 0.3) is 0 Å². The van der Waals surface area contributed by atoms with Crippen LogP contribution in [-0.2, 0) is 0 Å². The number of nitrogens with zero attached hydrogens (tertiary/aromatic N) is 1. The zero-order chi connectivity index (χ0) is 28.3. The van der Waals surface area contributed by atoms with Crippen LogP contribution in [0.3, 0.4) is 0 Å². The maximum atomic E-state index is 9.02. The van der Waals surface area contributed by atoms with E-state index in [0.29, 0.717) is 0 Å². The molecule has 0 aliphatic carbocycles. The lowest BCUT2D eigenvalue weighted by Gasteiger charge is -2.19. The topological polar surface area (TPSA) is 43.7 Å². The van der Waals surface area contributed by atoms with Crippen molar-refractivity contribution < 1.29 is 10.2 Å². The third-order valence-electron chi connectivity index (χ3n) is 8.25. The van der Waals surface area contributed by atoms with E-state index in [9.17, 15) is 0 Å². The summed E-state index contributed by atoms with van der Waals surface area (Å²) >= 11 is 0. The minimum Gasteiger partial charge on any atom is -0.396 e. The lowest BCUT2D eigenvalue weighted by Crippen LogP contribution is -2.21. The summed E-state index contributed by atoms with van der Waals surface area (Å²) in [7, 11) is 0. The van der Waals surface area contributed by atoms with Crippen molar-refractivity contribution in [3.05, 3.63) is 12.3 Å². The first kappa shape index (κ1) is 38.5. The molecule has 0 saturated heterocycles. The highest BCUT2D eigenvalue weighted by Crippen LogP contribution is 2.16. The highest BCUT2D eigenvalue weighted by molar-refractivity contribution is 4.82. The molecule has 0 fully saturated rings. The normalized spacial score (nSPS) is 11.7. The average molecular weight is 552 g/mol. The summed E-state index contributed by atoms with van der Waals surface area (Å²) in [6.07, 6.45) is 44.7. The Kier molecular flexibility index (Phi) is 35.0. The Bertz CT molecular complexity index is 445. The lowest BCUT2D eigenvalue weighted by molar-refractivity contribution is 0.236. The van der Waals surface area contributed by atoms with Crippen LogP contribution in [-0.4, -0.2) is 41.4 Å². The molecule has 234 valence electrons. The van der Waals surface area contributed by atoms with Gasteiger partial charge in [-0.25, -0.2) is 0 Å². The first-order valence-corrected chi connectivity index (χ1v) is 18.0. The molecule has 0 radical (unpaired) electrons. The highest BCUT2D eigenvalue weighted by atomic mass is 16.3. The predicted octanol–water partition coefficient (Wildman–Crippen LogP) is 11.1. The second-order valence-corrected chi connectivity index (χ2v) is 12.2. The third kappa shape index (κ3) is 33.6. The number of aliphatic hydroxyl groups excluding tert-OH is 2. The van der Waals surface area contributed by atoms with E-state index in [1.807, 2.05) is 0 Å². The number of allylic oxidation sites excluding steroid dienone is 1. The van der Waals surface area contributed by atoms with Crippen LogP contribution in [0.1, 0.15) is 193 Å². The van der Waals surface area contributed by atoms with Crippen LogP contribution in [0.2, 0.25) is 0 Å². The molecule has 0 saturated carbocycles. The minimum atomic E-state index is 0.239. The van der Waals surface area contributed by atoms with Gasteiger partial charge in [0.05, 0.1) is 0 Å². The van der Waals surface area contributed by atoms with Gasteiger partial charge in [0, 0.05) is 26.3 Å². The number of aliphatic hydroxyl groups is 2. The van der Waals surface area contributed by atoms with Crippen LogP contribution in [0.4, 0.5) is 0 Å². The smallest absolute Gasteiger partial charge is 0.0447 e. The minimum absolute atomic E-state index is 0.239. The summed E-state index contributed by atoms with van der Waals surface area (Å²) in [5, 5.41) is 18.0. The maximum Gasteiger partial charge on any atom is 0.0447 e. The van der Waals surface area contributed by atoms with E-state index in [-0.39, 0.29) is 13.2 Å². The van der Waals surface area contributed by atoms with Crippen LogP contribution < -0.4 is 0 Å². The molecule has 0 spiro atoms. The molecule has 0 aromatic heterocycles. The molecule has 3 heteroatoms. The Hall–Kier alpha value is -0.540. The average Bonchev–Trinajstić information content (AvgIpc) is 2.95. The molecule has 0 bridgehead atoms. The van der Waals surface area contributed by atoms with E-state index in [2.05, 4.69) is 24.1 Å². The van der Waals surface area contributed by atoms with Gasteiger partial charge in [-0.05, 0) is 31.9 Å². The largest absolute Gasteiger partial charge is 0.396 e. The highest BCUT2D eigenvalue weighted by Gasteiger charge is 1.99. The summed E-state index contributed by atoms with van der Waals surface area (Å²) in [4.78, 5) is 2.23. The first-order valence-electron chi connectivity index (χ1n) is 18.0. The molecule has 0 heterocycles. The summed E-state index contributed by atoms with van der Waals surface area (Å²) in [5.74, 6) is 0. The van der Waals surface area contributed by atoms with E-state index >= 15 is 0 Å². The van der Waals surface area contributed by atoms with E-state index < -0.39 is 0 Å². The first-order chi connectivity index (χ1) is 19.3. The summed E-state index contributed by atoms with van der Waals surface area (Å²) in [6, 6.07) is 0. The molecular weight excluding hydrogens is 478 g/mol. The Labute approximate surface area is 246 Å². The Morgan fingerprint density at radius 2 is 0.667 bits per heavy atom. The standard InChI is InChI=1S/C36H73NO2/c1-2-3-4-5-6-7-8-9-10-11-12-13-14-15-16-17-18-19-20-21-22-23-24-25-26-27-28-29-32-37(33-30-35-38)34-31-36-39/h29,32,38-39H,2-28,30-31,33-36H2,1H3. The van der Waals surface area contributed by atoms with Crippen molar-refractivity contribution in [2.75, 3.05) is 26.3 Å². The Morgan fingerprint density at radius 1 is 0.385 bits per heavy atom. The van der Waals surface area contributed by atoms with Gasteiger partial charge < -0.3 is 15.1 Å². The van der Waals surface area contributed by atoms with Crippen LogP contribution in [0.15, 0.2) is 12.3 Å². The Morgan fingerprint density at radius 3 is 0.949 bits per heavy atom. The van der Waals surface area contributed by atoms with E-state index in [1.54, 1.807) is 0 Å². The van der Waals surface area contributed by atoms with Crippen molar-refractivity contribution in [2.45, 2.75) is 193 Å². The van der Waals surface area contributed by atoms with Gasteiger partial charge in [0.25, 0.3) is 0 Å². The maximum absolute atomic E-state index is 9.02. The van der Waals surface area contributed by atoms with Gasteiger partial charge in [0.15, 0.2) is 0 Å². The molecule has 0 aliphatic heterocycles. The van der Waals surface area contributed by atoms with Gasteiger partial charge in [-0.2, -0.15) is 0 Å². The molecule has 3 nitrogen and oxygen atoms in total. The quantitative estimate of drug-likeness (QED) is 0.0781. The third-order valence-corrected chi connectivity index (χ3v) is 8.25.